The Morgan fingerprint density at radius 1 is 1.45 bits per heavy atom. The molecule has 0 radical (unpaired) electrons. The lowest BCUT2D eigenvalue weighted by atomic mass is 10.1. The average molecular weight is 275 g/mol. The summed E-state index contributed by atoms with van der Waals surface area (Å²) >= 11 is 0. The summed E-state index contributed by atoms with van der Waals surface area (Å²) in [5.74, 6) is 0.429. The second kappa shape index (κ2) is 3.97. The van der Waals surface area contributed by atoms with Gasteiger partial charge in [0.1, 0.15) is 0 Å². The molecule has 2 aromatic rings. The van der Waals surface area contributed by atoms with Gasteiger partial charge in [0.25, 0.3) is 0 Å². The summed E-state index contributed by atoms with van der Waals surface area (Å²) in [6.07, 6.45) is 4.47. The van der Waals surface area contributed by atoms with E-state index in [4.69, 9.17) is 0 Å². The molecule has 1 aliphatic heterocycles. The van der Waals surface area contributed by atoms with E-state index in [1.165, 1.54) is 0 Å². The van der Waals surface area contributed by atoms with Crippen LogP contribution in [0.3, 0.4) is 0 Å². The molecule has 0 aromatic carbocycles. The molecule has 0 N–H and O–H groups in total. The van der Waals surface area contributed by atoms with E-state index >= 15 is 0 Å². The Balaban J connectivity index is 1.72. The van der Waals surface area contributed by atoms with Crippen molar-refractivity contribution in [3.63, 3.8) is 0 Å². The molecular weight excluding hydrogens is 261 g/mol. The van der Waals surface area contributed by atoms with E-state index in [2.05, 4.69) is 15.2 Å². The van der Waals surface area contributed by atoms with Crippen LogP contribution < -0.4 is 0 Å². The third-order valence-corrected chi connectivity index (χ3v) is 3.94. The van der Waals surface area contributed by atoms with Crippen LogP contribution in [0, 0.1) is 5.92 Å². The van der Waals surface area contributed by atoms with Gasteiger partial charge in [0.15, 0.2) is 12.0 Å². The molecule has 0 bridgehead atoms. The highest BCUT2D eigenvalue weighted by Crippen LogP contribution is 2.40. The number of halogens is 1. The maximum absolute atomic E-state index is 14.1. The molecular formula is C13H14FN5O. The predicted octanol–water partition coefficient (Wildman–Crippen LogP) is 1.61. The van der Waals surface area contributed by atoms with E-state index in [1.54, 1.807) is 15.6 Å². The van der Waals surface area contributed by atoms with Crippen molar-refractivity contribution in [3.8, 4) is 0 Å². The van der Waals surface area contributed by atoms with Crippen molar-refractivity contribution in [2.45, 2.75) is 31.5 Å². The molecule has 0 amide bonds. The van der Waals surface area contributed by atoms with Gasteiger partial charge in [-0.05, 0) is 12.8 Å². The van der Waals surface area contributed by atoms with Crippen molar-refractivity contribution in [3.05, 3.63) is 29.6 Å². The first-order chi connectivity index (χ1) is 9.63. The summed E-state index contributed by atoms with van der Waals surface area (Å²) in [7, 11) is 1.82. The second-order valence-electron chi connectivity index (χ2n) is 5.54. The standard InChI is InChI=1S/C13H14FN5O/c1-18-6-8(5-15-18)10-4-9(14)13-16-12(17-19(10)13)11(20)7-2-3-7/h5-7,9-10H,2-4H2,1H3/t9-,10-/m0/s1. The molecule has 0 unspecified atom stereocenters. The Labute approximate surface area is 114 Å². The zero-order valence-electron chi connectivity index (χ0n) is 11.0. The minimum absolute atomic E-state index is 0.0491. The van der Waals surface area contributed by atoms with Gasteiger partial charge in [-0.1, -0.05) is 0 Å². The van der Waals surface area contributed by atoms with E-state index in [-0.39, 0.29) is 29.4 Å². The number of hydrogen-bond donors (Lipinski definition) is 0. The Morgan fingerprint density at radius 2 is 2.25 bits per heavy atom. The Bertz CT molecular complexity index is 687. The zero-order valence-corrected chi connectivity index (χ0v) is 11.0. The third kappa shape index (κ3) is 1.69. The molecule has 3 heterocycles. The number of carbonyl (C=O) groups is 1. The quantitative estimate of drug-likeness (QED) is 0.798. The fraction of sp³-hybridized carbons (Fsp3) is 0.538. The van der Waals surface area contributed by atoms with Gasteiger partial charge in [-0.2, -0.15) is 5.10 Å². The first-order valence-electron chi connectivity index (χ1n) is 6.76. The molecule has 1 fully saturated rings. The highest BCUT2D eigenvalue weighted by molar-refractivity contribution is 5.95. The average Bonchev–Trinajstić information content (AvgIpc) is 2.91. The van der Waals surface area contributed by atoms with E-state index in [1.807, 2.05) is 13.2 Å². The van der Waals surface area contributed by atoms with Crippen molar-refractivity contribution >= 4 is 5.78 Å². The minimum atomic E-state index is -1.17. The lowest BCUT2D eigenvalue weighted by molar-refractivity contribution is 0.0956. The van der Waals surface area contributed by atoms with Crippen LogP contribution in [0.25, 0.3) is 0 Å². The third-order valence-electron chi connectivity index (χ3n) is 3.94. The van der Waals surface area contributed by atoms with Crippen LogP contribution in [-0.4, -0.2) is 30.3 Å². The summed E-state index contributed by atoms with van der Waals surface area (Å²) in [5, 5.41) is 8.35. The summed E-state index contributed by atoms with van der Waals surface area (Å²) in [5.41, 5.74) is 0.893. The molecule has 2 atom stereocenters. The largest absolute Gasteiger partial charge is 0.290 e. The van der Waals surface area contributed by atoms with Crippen molar-refractivity contribution < 1.29 is 9.18 Å². The van der Waals surface area contributed by atoms with Gasteiger partial charge in [-0.25, -0.2) is 14.1 Å². The van der Waals surface area contributed by atoms with Crippen LogP contribution in [0.4, 0.5) is 4.39 Å². The van der Waals surface area contributed by atoms with Crippen LogP contribution >= 0.6 is 0 Å². The topological polar surface area (TPSA) is 65.6 Å². The smallest absolute Gasteiger partial charge is 0.217 e. The monoisotopic (exact) mass is 275 g/mol. The van der Waals surface area contributed by atoms with E-state index in [9.17, 15) is 9.18 Å². The maximum atomic E-state index is 14.1. The van der Waals surface area contributed by atoms with E-state index in [0.717, 1.165) is 18.4 Å². The van der Waals surface area contributed by atoms with E-state index in [0.29, 0.717) is 6.42 Å². The summed E-state index contributed by atoms with van der Waals surface area (Å²) in [4.78, 5) is 16.1. The molecule has 6 nitrogen and oxygen atoms in total. The molecule has 1 aliphatic carbocycles. The summed E-state index contributed by atoms with van der Waals surface area (Å²) < 4.78 is 17.3. The van der Waals surface area contributed by atoms with Crippen LogP contribution in [0.15, 0.2) is 12.4 Å². The first kappa shape index (κ1) is 11.7. The lowest BCUT2D eigenvalue weighted by Gasteiger charge is -2.08. The highest BCUT2D eigenvalue weighted by Gasteiger charge is 2.39. The molecule has 20 heavy (non-hydrogen) atoms. The Hall–Kier alpha value is -2.05. The fourth-order valence-corrected chi connectivity index (χ4v) is 2.70. The Kier molecular flexibility index (Phi) is 2.33. The van der Waals surface area contributed by atoms with Crippen LogP contribution in [0.1, 0.15) is 53.5 Å². The summed E-state index contributed by atoms with van der Waals surface area (Å²) in [6.45, 7) is 0. The number of aryl methyl sites for hydroxylation is 1. The highest BCUT2D eigenvalue weighted by atomic mass is 19.1. The predicted molar refractivity (Wildman–Crippen MR) is 66.9 cm³/mol. The molecule has 2 aromatic heterocycles. The molecule has 0 spiro atoms. The Morgan fingerprint density at radius 3 is 2.90 bits per heavy atom. The van der Waals surface area contributed by atoms with Gasteiger partial charge in [0, 0.05) is 31.1 Å². The second-order valence-corrected chi connectivity index (χ2v) is 5.54. The minimum Gasteiger partial charge on any atom is -0.290 e. The number of carbonyl (C=O) groups excluding carboxylic acids is 1. The first-order valence-corrected chi connectivity index (χ1v) is 6.76. The summed E-state index contributed by atoms with van der Waals surface area (Å²) in [6, 6.07) is -0.220. The van der Waals surface area contributed by atoms with Crippen LogP contribution in [0.5, 0.6) is 0 Å². The lowest BCUT2D eigenvalue weighted by Crippen LogP contribution is -2.10. The molecule has 7 heteroatoms. The zero-order chi connectivity index (χ0) is 13.9. The number of hydrogen-bond acceptors (Lipinski definition) is 4. The van der Waals surface area contributed by atoms with Crippen molar-refractivity contribution in [1.29, 1.82) is 0 Å². The number of rotatable bonds is 3. The number of ketones is 1. The van der Waals surface area contributed by atoms with Gasteiger partial charge in [-0.15, -0.1) is 5.10 Å². The number of aromatic nitrogens is 5. The van der Waals surface area contributed by atoms with Crippen molar-refractivity contribution in [2.24, 2.45) is 13.0 Å². The normalized spacial score (nSPS) is 24.9. The number of nitrogens with zero attached hydrogens (tertiary/aromatic N) is 5. The molecule has 4 rings (SSSR count). The molecule has 0 saturated heterocycles. The fourth-order valence-electron chi connectivity index (χ4n) is 2.70. The maximum Gasteiger partial charge on any atom is 0.217 e. The van der Waals surface area contributed by atoms with E-state index < -0.39 is 6.17 Å². The van der Waals surface area contributed by atoms with Crippen LogP contribution in [0.2, 0.25) is 0 Å². The van der Waals surface area contributed by atoms with Crippen molar-refractivity contribution in [1.82, 2.24) is 24.5 Å². The molecule has 2 aliphatic rings. The SMILES string of the molecule is Cn1cc([C@@H]2C[C@H](F)c3nc(C(=O)C4CC4)nn32)cn1. The number of Topliss-reactive ketones (excluding diaryl/α,β-unsaturated/α-hetero) is 1. The molecule has 1 saturated carbocycles. The van der Waals surface area contributed by atoms with Gasteiger partial charge in [0.05, 0.1) is 12.2 Å². The van der Waals surface area contributed by atoms with Crippen LogP contribution in [-0.2, 0) is 7.05 Å². The number of alkyl halides is 1. The number of fused-ring (bicyclic) bond motifs is 1. The van der Waals surface area contributed by atoms with Gasteiger partial charge in [0.2, 0.25) is 11.6 Å². The van der Waals surface area contributed by atoms with Gasteiger partial charge in [-0.3, -0.25) is 9.48 Å². The van der Waals surface area contributed by atoms with Gasteiger partial charge < -0.3 is 0 Å². The molecule has 104 valence electrons. The van der Waals surface area contributed by atoms with Crippen molar-refractivity contribution in [2.75, 3.05) is 0 Å². The van der Waals surface area contributed by atoms with Gasteiger partial charge >= 0.3 is 0 Å².